The maximum Gasteiger partial charge on any atom is 0.358 e. The third-order valence-electron chi connectivity index (χ3n) is 2.19. The topological polar surface area (TPSA) is 120 Å². The standard InChI is InChI=1S/C9H10N2O5S/c10-17(14,15)6-3-4-11-7(9(12)13)8(6)16-5-1-2-5/h3-5H,1-2H2,(H,12,13)(H2,10,14,15). The van der Waals surface area contributed by atoms with Crippen LogP contribution in [0.5, 0.6) is 5.75 Å². The van der Waals surface area contributed by atoms with Gasteiger partial charge in [-0.3, -0.25) is 0 Å². The quantitative estimate of drug-likeness (QED) is 0.782. The summed E-state index contributed by atoms with van der Waals surface area (Å²) in [7, 11) is -4.04. The molecule has 8 heteroatoms. The summed E-state index contributed by atoms with van der Waals surface area (Å²) in [5.74, 6) is -1.63. The van der Waals surface area contributed by atoms with Crippen LogP contribution < -0.4 is 9.88 Å². The first-order valence-corrected chi connectivity index (χ1v) is 6.36. The van der Waals surface area contributed by atoms with Gasteiger partial charge in [0.2, 0.25) is 10.0 Å². The average Bonchev–Trinajstić information content (AvgIpc) is 3.00. The molecule has 3 N–H and O–H groups in total. The molecule has 1 saturated carbocycles. The number of carboxylic acid groups (broad SMARTS) is 1. The maximum absolute atomic E-state index is 11.3. The van der Waals surface area contributed by atoms with E-state index < -0.39 is 21.7 Å². The number of ether oxygens (including phenoxy) is 1. The Hall–Kier alpha value is -1.67. The first kappa shape index (κ1) is 11.8. The monoisotopic (exact) mass is 258 g/mol. The Bertz CT molecular complexity index is 565. The molecule has 7 nitrogen and oxygen atoms in total. The lowest BCUT2D eigenvalue weighted by Crippen LogP contribution is -2.17. The van der Waals surface area contributed by atoms with Gasteiger partial charge < -0.3 is 9.84 Å². The van der Waals surface area contributed by atoms with E-state index >= 15 is 0 Å². The molecular formula is C9H10N2O5S. The fraction of sp³-hybridized carbons (Fsp3) is 0.333. The predicted octanol–water partition coefficient (Wildman–Crippen LogP) is -0.0316. The van der Waals surface area contributed by atoms with Crippen molar-refractivity contribution in [3.05, 3.63) is 18.0 Å². The van der Waals surface area contributed by atoms with E-state index in [0.29, 0.717) is 0 Å². The number of hydrogen-bond donors (Lipinski definition) is 2. The summed E-state index contributed by atoms with van der Waals surface area (Å²) in [5, 5.41) is 13.9. The summed E-state index contributed by atoms with van der Waals surface area (Å²) in [6.45, 7) is 0. The summed E-state index contributed by atoms with van der Waals surface area (Å²) in [5.41, 5.74) is -0.441. The Morgan fingerprint density at radius 2 is 2.18 bits per heavy atom. The number of carbonyl (C=O) groups is 1. The van der Waals surface area contributed by atoms with Crippen LogP contribution >= 0.6 is 0 Å². The largest absolute Gasteiger partial charge is 0.486 e. The first-order chi connectivity index (χ1) is 7.89. The van der Waals surface area contributed by atoms with E-state index in [2.05, 4.69) is 4.98 Å². The Balaban J connectivity index is 2.57. The van der Waals surface area contributed by atoms with Crippen LogP contribution in [0.2, 0.25) is 0 Å². The van der Waals surface area contributed by atoms with E-state index in [4.69, 9.17) is 15.0 Å². The van der Waals surface area contributed by atoms with E-state index in [-0.39, 0.29) is 16.7 Å². The molecular weight excluding hydrogens is 248 g/mol. The molecule has 1 aliphatic rings. The zero-order valence-electron chi connectivity index (χ0n) is 8.66. The lowest BCUT2D eigenvalue weighted by Gasteiger charge is -2.10. The van der Waals surface area contributed by atoms with E-state index in [1.165, 1.54) is 0 Å². The second kappa shape index (κ2) is 3.97. The van der Waals surface area contributed by atoms with Crippen molar-refractivity contribution in [3.8, 4) is 5.75 Å². The zero-order chi connectivity index (χ0) is 12.6. The highest BCUT2D eigenvalue weighted by molar-refractivity contribution is 7.89. The summed E-state index contributed by atoms with van der Waals surface area (Å²) in [4.78, 5) is 14.2. The second-order valence-electron chi connectivity index (χ2n) is 3.65. The molecule has 1 aliphatic carbocycles. The van der Waals surface area contributed by atoms with Gasteiger partial charge in [0.25, 0.3) is 0 Å². The van der Waals surface area contributed by atoms with Gasteiger partial charge in [0.05, 0.1) is 6.10 Å². The first-order valence-electron chi connectivity index (χ1n) is 4.81. The van der Waals surface area contributed by atoms with Crippen LogP contribution in [0.4, 0.5) is 0 Å². The number of aromatic carboxylic acids is 1. The number of nitrogens with zero attached hydrogens (tertiary/aromatic N) is 1. The highest BCUT2D eigenvalue weighted by atomic mass is 32.2. The minimum atomic E-state index is -4.04. The minimum absolute atomic E-state index is 0.155. The Kier molecular flexibility index (Phi) is 2.76. The van der Waals surface area contributed by atoms with Crippen molar-refractivity contribution < 1.29 is 23.1 Å². The smallest absolute Gasteiger partial charge is 0.358 e. The van der Waals surface area contributed by atoms with Crippen molar-refractivity contribution in [2.75, 3.05) is 0 Å². The van der Waals surface area contributed by atoms with Crippen molar-refractivity contribution in [1.82, 2.24) is 4.98 Å². The summed E-state index contributed by atoms with van der Waals surface area (Å²) < 4.78 is 27.9. The maximum atomic E-state index is 11.3. The van der Waals surface area contributed by atoms with E-state index in [0.717, 1.165) is 25.1 Å². The predicted molar refractivity (Wildman–Crippen MR) is 56.2 cm³/mol. The van der Waals surface area contributed by atoms with Crippen LogP contribution in [0, 0.1) is 0 Å². The number of primary sulfonamides is 1. The van der Waals surface area contributed by atoms with Gasteiger partial charge in [0.15, 0.2) is 11.4 Å². The van der Waals surface area contributed by atoms with Gasteiger partial charge >= 0.3 is 5.97 Å². The van der Waals surface area contributed by atoms with Gasteiger partial charge in [0.1, 0.15) is 4.90 Å². The molecule has 0 radical (unpaired) electrons. The molecule has 0 unspecified atom stereocenters. The van der Waals surface area contributed by atoms with Crippen LogP contribution in [-0.2, 0) is 10.0 Å². The Morgan fingerprint density at radius 3 is 2.65 bits per heavy atom. The lowest BCUT2D eigenvalue weighted by molar-refractivity contribution is 0.0684. The van der Waals surface area contributed by atoms with Crippen molar-refractivity contribution in [2.45, 2.75) is 23.8 Å². The molecule has 0 aliphatic heterocycles. The molecule has 0 amide bonds. The number of carboxylic acids is 1. The highest BCUT2D eigenvalue weighted by Gasteiger charge is 2.30. The van der Waals surface area contributed by atoms with Crippen molar-refractivity contribution in [1.29, 1.82) is 0 Å². The second-order valence-corrected chi connectivity index (χ2v) is 5.18. The van der Waals surface area contributed by atoms with E-state index in [1.54, 1.807) is 0 Å². The van der Waals surface area contributed by atoms with Crippen LogP contribution in [0.1, 0.15) is 23.3 Å². The van der Waals surface area contributed by atoms with Crippen LogP contribution in [0.15, 0.2) is 17.2 Å². The minimum Gasteiger partial charge on any atom is -0.486 e. The molecule has 2 rings (SSSR count). The van der Waals surface area contributed by atoms with Gasteiger partial charge in [-0.1, -0.05) is 0 Å². The highest BCUT2D eigenvalue weighted by Crippen LogP contribution is 2.32. The van der Waals surface area contributed by atoms with Crippen LogP contribution in [0.25, 0.3) is 0 Å². The molecule has 0 saturated heterocycles. The molecule has 0 bridgehead atoms. The average molecular weight is 258 g/mol. The van der Waals surface area contributed by atoms with Crippen molar-refractivity contribution in [3.63, 3.8) is 0 Å². The van der Waals surface area contributed by atoms with Gasteiger partial charge in [-0.2, -0.15) is 0 Å². The normalized spacial score (nSPS) is 15.6. The van der Waals surface area contributed by atoms with E-state index in [9.17, 15) is 13.2 Å². The van der Waals surface area contributed by atoms with Crippen molar-refractivity contribution in [2.24, 2.45) is 5.14 Å². The van der Waals surface area contributed by atoms with Gasteiger partial charge in [-0.25, -0.2) is 23.3 Å². The van der Waals surface area contributed by atoms with E-state index in [1.807, 2.05) is 0 Å². The van der Waals surface area contributed by atoms with Crippen molar-refractivity contribution >= 4 is 16.0 Å². The number of hydrogen-bond acceptors (Lipinski definition) is 5. The van der Waals surface area contributed by atoms with Gasteiger partial charge in [-0.05, 0) is 18.9 Å². The Morgan fingerprint density at radius 1 is 1.53 bits per heavy atom. The molecule has 1 fully saturated rings. The number of rotatable bonds is 4. The Labute approximate surface area is 97.3 Å². The molecule has 92 valence electrons. The zero-order valence-corrected chi connectivity index (χ0v) is 9.48. The fourth-order valence-corrected chi connectivity index (χ4v) is 1.93. The number of sulfonamides is 1. The number of nitrogens with two attached hydrogens (primary N) is 1. The molecule has 1 aromatic rings. The molecule has 0 spiro atoms. The molecule has 0 aromatic carbocycles. The fourth-order valence-electron chi connectivity index (χ4n) is 1.27. The van der Waals surface area contributed by atoms with Crippen LogP contribution in [-0.4, -0.2) is 30.6 Å². The molecule has 17 heavy (non-hydrogen) atoms. The van der Waals surface area contributed by atoms with Crippen LogP contribution in [0.3, 0.4) is 0 Å². The molecule has 0 atom stereocenters. The summed E-state index contributed by atoms with van der Waals surface area (Å²) in [6, 6.07) is 1.12. The van der Waals surface area contributed by atoms with Gasteiger partial charge in [-0.15, -0.1) is 0 Å². The third-order valence-corrected chi connectivity index (χ3v) is 3.12. The molecule has 1 heterocycles. The summed E-state index contributed by atoms with van der Waals surface area (Å²) in [6.07, 6.45) is 2.44. The number of pyridine rings is 1. The third kappa shape index (κ3) is 2.53. The lowest BCUT2D eigenvalue weighted by atomic mass is 10.3. The SMILES string of the molecule is NS(=O)(=O)c1ccnc(C(=O)O)c1OC1CC1. The summed E-state index contributed by atoms with van der Waals surface area (Å²) >= 11 is 0. The number of aromatic nitrogens is 1. The van der Waals surface area contributed by atoms with Gasteiger partial charge in [0, 0.05) is 6.20 Å². The molecule has 1 aromatic heterocycles.